The SMILES string of the molecule is CC(CCOC(=O)c1ccc2c(c1)C(=O)c1ccc(C(=O)OCCC(C)N(C)C)cc1C2=O)N(C)C. The molecule has 2 aromatic carbocycles. The summed E-state index contributed by atoms with van der Waals surface area (Å²) in [6.45, 7) is 4.56. The minimum Gasteiger partial charge on any atom is -0.462 e. The number of hydrogen-bond donors (Lipinski definition) is 0. The number of carbonyl (C=O) groups excluding carboxylic acids is 4. The summed E-state index contributed by atoms with van der Waals surface area (Å²) in [7, 11) is 7.81. The second-order valence-corrected chi connectivity index (χ2v) is 9.65. The van der Waals surface area contributed by atoms with E-state index in [4.69, 9.17) is 9.47 Å². The van der Waals surface area contributed by atoms with Crippen molar-refractivity contribution in [3.8, 4) is 0 Å². The first-order valence-electron chi connectivity index (χ1n) is 12.1. The lowest BCUT2D eigenvalue weighted by molar-refractivity contribution is 0.0466. The van der Waals surface area contributed by atoms with Crippen LogP contribution in [0.4, 0.5) is 0 Å². The molecule has 0 aromatic heterocycles. The molecule has 192 valence electrons. The van der Waals surface area contributed by atoms with E-state index in [1.807, 2.05) is 51.8 Å². The highest BCUT2D eigenvalue weighted by atomic mass is 16.5. The zero-order chi connectivity index (χ0) is 26.6. The molecule has 2 unspecified atom stereocenters. The van der Waals surface area contributed by atoms with Gasteiger partial charge in [-0.2, -0.15) is 0 Å². The summed E-state index contributed by atoms with van der Waals surface area (Å²) in [6.07, 6.45) is 1.35. The normalized spacial score (nSPS) is 14.3. The Morgan fingerprint density at radius 3 is 1.36 bits per heavy atom. The molecule has 0 N–H and O–H groups in total. The van der Waals surface area contributed by atoms with Gasteiger partial charge in [-0.1, -0.05) is 0 Å². The van der Waals surface area contributed by atoms with Crippen LogP contribution >= 0.6 is 0 Å². The number of fused-ring (bicyclic) bond motifs is 2. The van der Waals surface area contributed by atoms with E-state index in [2.05, 4.69) is 0 Å². The Hall–Kier alpha value is -3.36. The van der Waals surface area contributed by atoms with Gasteiger partial charge in [0.05, 0.1) is 24.3 Å². The summed E-state index contributed by atoms with van der Waals surface area (Å²) in [4.78, 5) is 55.4. The van der Waals surface area contributed by atoms with Crippen molar-refractivity contribution in [2.45, 2.75) is 38.8 Å². The van der Waals surface area contributed by atoms with Crippen molar-refractivity contribution in [1.29, 1.82) is 0 Å². The summed E-state index contributed by atoms with van der Waals surface area (Å²) in [6, 6.07) is 9.21. The summed E-state index contributed by atoms with van der Waals surface area (Å²) in [5, 5.41) is 0. The average Bonchev–Trinajstić information content (AvgIpc) is 2.86. The van der Waals surface area contributed by atoms with Crippen LogP contribution in [0.25, 0.3) is 0 Å². The average molecular weight is 495 g/mol. The summed E-state index contributed by atoms with van der Waals surface area (Å²) in [5.41, 5.74) is 1.10. The van der Waals surface area contributed by atoms with Crippen molar-refractivity contribution in [1.82, 2.24) is 9.80 Å². The lowest BCUT2D eigenvalue weighted by Crippen LogP contribution is -2.26. The largest absolute Gasteiger partial charge is 0.462 e. The zero-order valence-corrected chi connectivity index (χ0v) is 21.8. The van der Waals surface area contributed by atoms with Crippen molar-refractivity contribution >= 4 is 23.5 Å². The van der Waals surface area contributed by atoms with Gasteiger partial charge in [-0.25, -0.2) is 9.59 Å². The molecule has 8 nitrogen and oxygen atoms in total. The van der Waals surface area contributed by atoms with E-state index >= 15 is 0 Å². The van der Waals surface area contributed by atoms with Gasteiger partial charge < -0.3 is 19.3 Å². The van der Waals surface area contributed by atoms with E-state index < -0.39 is 11.9 Å². The molecular formula is C28H34N2O6. The number of esters is 2. The first kappa shape index (κ1) is 27.2. The van der Waals surface area contributed by atoms with Crippen molar-refractivity contribution < 1.29 is 28.7 Å². The predicted octanol–water partition coefficient (Wildman–Crippen LogP) is 3.46. The van der Waals surface area contributed by atoms with Crippen LogP contribution in [0.3, 0.4) is 0 Å². The van der Waals surface area contributed by atoms with Gasteiger partial charge in [0.25, 0.3) is 0 Å². The molecule has 3 rings (SSSR count). The molecule has 0 spiro atoms. The van der Waals surface area contributed by atoms with Crippen LogP contribution in [-0.4, -0.2) is 86.8 Å². The molecule has 0 bridgehead atoms. The fourth-order valence-corrected chi connectivity index (χ4v) is 3.73. The van der Waals surface area contributed by atoms with Crippen molar-refractivity contribution in [2.24, 2.45) is 0 Å². The Balaban J connectivity index is 1.73. The Bertz CT molecular complexity index is 1080. The first-order valence-corrected chi connectivity index (χ1v) is 12.1. The maximum atomic E-state index is 13.2. The molecule has 1 aliphatic carbocycles. The number of ether oxygens (including phenoxy) is 2. The van der Waals surface area contributed by atoms with Crippen molar-refractivity contribution in [2.75, 3.05) is 41.4 Å². The summed E-state index contributed by atoms with van der Waals surface area (Å²) >= 11 is 0. The van der Waals surface area contributed by atoms with Crippen LogP contribution in [0.15, 0.2) is 36.4 Å². The first-order chi connectivity index (χ1) is 17.0. The molecule has 1 aliphatic rings. The van der Waals surface area contributed by atoms with E-state index in [9.17, 15) is 19.2 Å². The minimum atomic E-state index is -0.545. The monoisotopic (exact) mass is 494 g/mol. The van der Waals surface area contributed by atoms with Crippen molar-refractivity contribution in [3.63, 3.8) is 0 Å². The molecule has 0 aliphatic heterocycles. The van der Waals surface area contributed by atoms with Crippen LogP contribution in [0.2, 0.25) is 0 Å². The maximum Gasteiger partial charge on any atom is 0.338 e. The fourth-order valence-electron chi connectivity index (χ4n) is 3.73. The molecule has 36 heavy (non-hydrogen) atoms. The predicted molar refractivity (Wildman–Crippen MR) is 136 cm³/mol. The molecule has 0 saturated heterocycles. The van der Waals surface area contributed by atoms with E-state index in [1.54, 1.807) is 0 Å². The van der Waals surface area contributed by atoms with Crippen LogP contribution in [-0.2, 0) is 9.47 Å². The highest BCUT2D eigenvalue weighted by molar-refractivity contribution is 6.29. The van der Waals surface area contributed by atoms with Crippen LogP contribution in [0, 0.1) is 0 Å². The van der Waals surface area contributed by atoms with Gasteiger partial charge in [-0.05, 0) is 91.3 Å². The van der Waals surface area contributed by atoms with Gasteiger partial charge in [0.2, 0.25) is 0 Å². The Labute approximate surface area is 212 Å². The molecule has 0 saturated carbocycles. The number of carbonyl (C=O) groups is 4. The van der Waals surface area contributed by atoms with Crippen LogP contribution in [0.5, 0.6) is 0 Å². The van der Waals surface area contributed by atoms with E-state index in [-0.39, 0.29) is 70.2 Å². The van der Waals surface area contributed by atoms with E-state index in [0.29, 0.717) is 12.8 Å². The third kappa shape index (κ3) is 6.06. The molecule has 2 atom stereocenters. The number of benzene rings is 2. The third-order valence-corrected chi connectivity index (χ3v) is 6.79. The zero-order valence-electron chi connectivity index (χ0n) is 21.8. The second-order valence-electron chi connectivity index (χ2n) is 9.65. The maximum absolute atomic E-state index is 13.2. The number of nitrogens with zero attached hydrogens (tertiary/aromatic N) is 2. The van der Waals surface area contributed by atoms with Gasteiger partial charge in [-0.15, -0.1) is 0 Å². The molecule has 0 fully saturated rings. The molecular weight excluding hydrogens is 460 g/mol. The number of hydrogen-bond acceptors (Lipinski definition) is 8. The van der Waals surface area contributed by atoms with Gasteiger partial charge in [0, 0.05) is 34.3 Å². The minimum absolute atomic E-state index is 0.150. The van der Waals surface area contributed by atoms with Gasteiger partial charge >= 0.3 is 11.9 Å². The Morgan fingerprint density at radius 2 is 1.03 bits per heavy atom. The van der Waals surface area contributed by atoms with E-state index in [1.165, 1.54) is 36.4 Å². The second kappa shape index (κ2) is 11.6. The molecule has 8 heteroatoms. The lowest BCUT2D eigenvalue weighted by atomic mass is 9.82. The fraction of sp³-hybridized carbons (Fsp3) is 0.429. The van der Waals surface area contributed by atoms with Crippen molar-refractivity contribution in [3.05, 3.63) is 69.8 Å². The third-order valence-electron chi connectivity index (χ3n) is 6.79. The van der Waals surface area contributed by atoms with Gasteiger partial charge in [0.1, 0.15) is 0 Å². The Morgan fingerprint density at radius 1 is 0.667 bits per heavy atom. The quantitative estimate of drug-likeness (QED) is 0.396. The van der Waals surface area contributed by atoms with Crippen LogP contribution in [0.1, 0.15) is 79.2 Å². The molecule has 0 amide bonds. The van der Waals surface area contributed by atoms with Gasteiger partial charge in [0.15, 0.2) is 11.6 Å². The standard InChI is InChI=1S/C28H34N2O6/c1-17(29(3)4)11-13-35-27(33)19-7-9-21-23(15-19)25(31)22-10-8-20(16-24(22)26(21)32)28(34)36-14-12-18(2)30(5)6/h7-10,15-18H,11-14H2,1-6H3. The van der Waals surface area contributed by atoms with E-state index in [0.717, 1.165) is 0 Å². The number of ketones is 2. The Kier molecular flexibility index (Phi) is 8.76. The number of rotatable bonds is 10. The highest BCUT2D eigenvalue weighted by Crippen LogP contribution is 2.29. The van der Waals surface area contributed by atoms with Gasteiger partial charge in [-0.3, -0.25) is 9.59 Å². The lowest BCUT2D eigenvalue weighted by Gasteiger charge is -2.20. The summed E-state index contributed by atoms with van der Waals surface area (Å²) < 4.78 is 10.7. The summed E-state index contributed by atoms with van der Waals surface area (Å²) in [5.74, 6) is -1.85. The molecule has 0 heterocycles. The molecule has 2 aromatic rings. The molecule has 0 radical (unpaired) electrons. The highest BCUT2D eigenvalue weighted by Gasteiger charge is 2.31. The smallest absolute Gasteiger partial charge is 0.338 e. The topological polar surface area (TPSA) is 93.2 Å². The van der Waals surface area contributed by atoms with Crippen LogP contribution < -0.4 is 0 Å².